The van der Waals surface area contributed by atoms with Crippen LogP contribution in [0, 0.1) is 5.92 Å². The summed E-state index contributed by atoms with van der Waals surface area (Å²) < 4.78 is 0.636. The summed E-state index contributed by atoms with van der Waals surface area (Å²) in [4.78, 5) is 7.75. The first-order chi connectivity index (χ1) is 7.28. The second-order valence-electron chi connectivity index (χ2n) is 4.06. The second-order valence-corrected chi connectivity index (χ2v) is 5.76. The van der Waals surface area contributed by atoms with E-state index in [-0.39, 0.29) is 0 Å². The number of nitrogens with two attached hydrogens (primary N) is 1. The zero-order valence-electron chi connectivity index (χ0n) is 8.66. The maximum absolute atomic E-state index is 5.80. The highest BCUT2D eigenvalue weighted by atomic mass is 35.5. The maximum atomic E-state index is 5.80. The van der Waals surface area contributed by atoms with Gasteiger partial charge in [0, 0.05) is 24.2 Å². The molecule has 0 aliphatic carbocycles. The third kappa shape index (κ3) is 3.14. The van der Waals surface area contributed by atoms with E-state index in [2.05, 4.69) is 9.88 Å². The number of aromatic nitrogens is 1. The molecule has 0 bridgehead atoms. The van der Waals surface area contributed by atoms with Gasteiger partial charge in [0.1, 0.15) is 0 Å². The number of thiazole rings is 1. The fourth-order valence-electron chi connectivity index (χ4n) is 2.06. The minimum Gasteiger partial charge on any atom is -0.330 e. The molecular weight excluding hydrogens is 230 g/mol. The number of nitrogens with zero attached hydrogens (tertiary/aromatic N) is 2. The Kier molecular flexibility index (Phi) is 3.97. The number of hydrogen-bond donors (Lipinski definition) is 1. The Hall–Kier alpha value is -0.160. The van der Waals surface area contributed by atoms with Crippen molar-refractivity contribution in [2.24, 2.45) is 11.7 Å². The van der Waals surface area contributed by atoms with E-state index in [0.717, 1.165) is 19.6 Å². The molecule has 2 heterocycles. The molecule has 0 radical (unpaired) electrons. The van der Waals surface area contributed by atoms with Gasteiger partial charge in [-0.25, -0.2) is 4.98 Å². The van der Waals surface area contributed by atoms with Gasteiger partial charge < -0.3 is 5.73 Å². The minimum atomic E-state index is 0.636. The van der Waals surface area contributed by atoms with Gasteiger partial charge in [0.15, 0.2) is 4.47 Å². The monoisotopic (exact) mass is 245 g/mol. The van der Waals surface area contributed by atoms with Crippen LogP contribution in [0.5, 0.6) is 0 Å². The molecular formula is C10H16ClN3S. The Morgan fingerprint density at radius 1 is 1.67 bits per heavy atom. The van der Waals surface area contributed by atoms with E-state index in [9.17, 15) is 0 Å². The molecule has 5 heteroatoms. The van der Waals surface area contributed by atoms with Crippen LogP contribution in [0.2, 0.25) is 4.47 Å². The summed E-state index contributed by atoms with van der Waals surface area (Å²) in [6.07, 6.45) is 4.41. The molecule has 1 fully saturated rings. The molecule has 15 heavy (non-hydrogen) atoms. The molecule has 0 spiro atoms. The van der Waals surface area contributed by atoms with Gasteiger partial charge in [0.25, 0.3) is 0 Å². The van der Waals surface area contributed by atoms with Gasteiger partial charge in [0.2, 0.25) is 0 Å². The lowest BCUT2D eigenvalue weighted by atomic mass is 9.98. The van der Waals surface area contributed by atoms with Crippen LogP contribution in [0.15, 0.2) is 6.20 Å². The summed E-state index contributed by atoms with van der Waals surface area (Å²) in [5.74, 6) is 0.669. The topological polar surface area (TPSA) is 42.1 Å². The zero-order chi connectivity index (χ0) is 10.7. The molecule has 0 aromatic carbocycles. The molecule has 0 unspecified atom stereocenters. The Labute approximate surface area is 99.2 Å². The van der Waals surface area contributed by atoms with Crippen LogP contribution >= 0.6 is 22.9 Å². The first-order valence-electron chi connectivity index (χ1n) is 5.30. The molecule has 1 atom stereocenters. The summed E-state index contributed by atoms with van der Waals surface area (Å²) in [7, 11) is 0. The average Bonchev–Trinajstić information content (AvgIpc) is 2.64. The second kappa shape index (κ2) is 5.25. The number of likely N-dealkylation sites (tertiary alicyclic amines) is 1. The van der Waals surface area contributed by atoms with Crippen LogP contribution in [0.4, 0.5) is 0 Å². The fraction of sp³-hybridized carbons (Fsp3) is 0.700. The van der Waals surface area contributed by atoms with Crippen molar-refractivity contribution in [3.8, 4) is 0 Å². The number of hydrogen-bond acceptors (Lipinski definition) is 4. The Morgan fingerprint density at radius 2 is 2.53 bits per heavy atom. The van der Waals surface area contributed by atoms with E-state index in [1.54, 1.807) is 11.3 Å². The van der Waals surface area contributed by atoms with Crippen LogP contribution in [0.1, 0.15) is 17.7 Å². The van der Waals surface area contributed by atoms with Gasteiger partial charge in [-0.3, -0.25) is 4.90 Å². The average molecular weight is 246 g/mol. The van der Waals surface area contributed by atoms with E-state index in [1.807, 2.05) is 6.20 Å². The lowest BCUT2D eigenvalue weighted by molar-refractivity contribution is 0.172. The van der Waals surface area contributed by atoms with Crippen LogP contribution in [-0.2, 0) is 6.54 Å². The highest BCUT2D eigenvalue weighted by Crippen LogP contribution is 2.22. The van der Waals surface area contributed by atoms with Gasteiger partial charge in [-0.15, -0.1) is 11.3 Å². The molecule has 1 aliphatic rings. The van der Waals surface area contributed by atoms with Crippen molar-refractivity contribution in [3.63, 3.8) is 0 Å². The minimum absolute atomic E-state index is 0.636. The molecule has 0 saturated carbocycles. The molecule has 2 N–H and O–H groups in total. The summed E-state index contributed by atoms with van der Waals surface area (Å²) >= 11 is 7.37. The summed E-state index contributed by atoms with van der Waals surface area (Å²) in [5, 5.41) is 0. The predicted molar refractivity (Wildman–Crippen MR) is 64.2 cm³/mol. The number of halogens is 1. The van der Waals surface area contributed by atoms with Gasteiger partial charge in [-0.05, 0) is 31.8 Å². The van der Waals surface area contributed by atoms with Gasteiger partial charge >= 0.3 is 0 Å². The van der Waals surface area contributed by atoms with E-state index in [1.165, 1.54) is 24.3 Å². The molecule has 84 valence electrons. The van der Waals surface area contributed by atoms with Crippen LogP contribution < -0.4 is 5.73 Å². The Bertz CT molecular complexity index is 315. The lowest BCUT2D eigenvalue weighted by Crippen LogP contribution is -2.37. The van der Waals surface area contributed by atoms with E-state index < -0.39 is 0 Å². The smallest absolute Gasteiger partial charge is 0.183 e. The largest absolute Gasteiger partial charge is 0.330 e. The van der Waals surface area contributed by atoms with Crippen molar-refractivity contribution in [3.05, 3.63) is 15.5 Å². The first kappa shape index (κ1) is 11.3. The lowest BCUT2D eigenvalue weighted by Gasteiger charge is -2.31. The van der Waals surface area contributed by atoms with Crippen molar-refractivity contribution < 1.29 is 0 Å². The standard InChI is InChI=1S/C10H16ClN3S/c11-10-13-5-9(15-10)7-14-3-1-2-8(4-12)6-14/h5,8H,1-4,6-7,12H2/t8-/m0/s1. The summed E-state index contributed by atoms with van der Waals surface area (Å²) in [6, 6.07) is 0. The van der Waals surface area contributed by atoms with Crippen molar-refractivity contribution in [2.75, 3.05) is 19.6 Å². The van der Waals surface area contributed by atoms with Crippen LogP contribution in [0.3, 0.4) is 0 Å². The normalized spacial score (nSPS) is 23.2. The predicted octanol–water partition coefficient (Wildman–Crippen LogP) is 1.97. The highest BCUT2D eigenvalue weighted by Gasteiger charge is 2.19. The summed E-state index contributed by atoms with van der Waals surface area (Å²) in [6.45, 7) is 4.07. The Balaban J connectivity index is 1.88. The van der Waals surface area contributed by atoms with Gasteiger partial charge in [-0.2, -0.15) is 0 Å². The zero-order valence-corrected chi connectivity index (χ0v) is 10.2. The van der Waals surface area contributed by atoms with Crippen LogP contribution in [0.25, 0.3) is 0 Å². The Morgan fingerprint density at radius 3 is 3.20 bits per heavy atom. The molecule has 0 amide bonds. The quantitative estimate of drug-likeness (QED) is 0.886. The van der Waals surface area contributed by atoms with E-state index >= 15 is 0 Å². The molecule has 3 nitrogen and oxygen atoms in total. The molecule has 1 aromatic heterocycles. The van der Waals surface area contributed by atoms with Crippen molar-refractivity contribution in [2.45, 2.75) is 19.4 Å². The first-order valence-corrected chi connectivity index (χ1v) is 6.50. The third-order valence-electron chi connectivity index (χ3n) is 2.84. The van der Waals surface area contributed by atoms with Crippen molar-refractivity contribution in [1.82, 2.24) is 9.88 Å². The molecule has 1 aliphatic heterocycles. The molecule has 1 aromatic rings. The SMILES string of the molecule is NC[C@@H]1CCCN(Cc2cnc(Cl)s2)C1. The van der Waals surface area contributed by atoms with Crippen LogP contribution in [-0.4, -0.2) is 29.5 Å². The van der Waals surface area contributed by atoms with E-state index in [0.29, 0.717) is 10.4 Å². The van der Waals surface area contributed by atoms with E-state index in [4.69, 9.17) is 17.3 Å². The van der Waals surface area contributed by atoms with Crippen molar-refractivity contribution >= 4 is 22.9 Å². The van der Waals surface area contributed by atoms with Gasteiger partial charge in [-0.1, -0.05) is 11.6 Å². The molecule has 1 saturated heterocycles. The maximum Gasteiger partial charge on any atom is 0.183 e. The van der Waals surface area contributed by atoms with Crippen molar-refractivity contribution in [1.29, 1.82) is 0 Å². The third-order valence-corrected chi connectivity index (χ3v) is 3.94. The number of piperidine rings is 1. The fourth-order valence-corrected chi connectivity index (χ4v) is 3.08. The highest BCUT2D eigenvalue weighted by molar-refractivity contribution is 7.15. The number of rotatable bonds is 3. The summed E-state index contributed by atoms with van der Waals surface area (Å²) in [5.41, 5.74) is 5.71. The molecule has 2 rings (SSSR count). The van der Waals surface area contributed by atoms with Gasteiger partial charge in [0.05, 0.1) is 0 Å².